The molecule has 4 heterocycles. The largest absolute Gasteiger partial charge is 0.496 e. The number of furan rings is 1. The summed E-state index contributed by atoms with van der Waals surface area (Å²) in [7, 11) is 1.47. The Kier molecular flexibility index (Phi) is 6.44. The maximum absolute atomic E-state index is 12.6. The van der Waals surface area contributed by atoms with Gasteiger partial charge in [-0.2, -0.15) is 5.21 Å². The summed E-state index contributed by atoms with van der Waals surface area (Å²) in [6, 6.07) is 10.4. The van der Waals surface area contributed by atoms with Gasteiger partial charge in [-0.15, -0.1) is 16.4 Å². The molecule has 3 N–H and O–H groups in total. The Morgan fingerprint density at radius 3 is 2.81 bits per heavy atom. The summed E-state index contributed by atoms with van der Waals surface area (Å²) in [4.78, 5) is 34.7. The summed E-state index contributed by atoms with van der Waals surface area (Å²) in [6.45, 7) is 0. The number of thiophene rings is 1. The molecule has 0 spiro atoms. The second kappa shape index (κ2) is 10.1. The van der Waals surface area contributed by atoms with Crippen molar-refractivity contribution in [1.82, 2.24) is 30.6 Å². The molecule has 0 saturated heterocycles. The zero-order valence-electron chi connectivity index (χ0n) is 18.8. The molecule has 0 radical (unpaired) electrons. The molecule has 0 aliphatic heterocycles. The van der Waals surface area contributed by atoms with Crippen molar-refractivity contribution in [2.45, 2.75) is 6.42 Å². The number of methoxy groups -OCH3 is 1. The first-order valence-electron chi connectivity index (χ1n) is 10.6. The number of nitrogens with zero attached hydrogens (tertiary/aromatic N) is 5. The van der Waals surface area contributed by atoms with Gasteiger partial charge in [0.25, 0.3) is 11.9 Å². The quantitative estimate of drug-likeness (QED) is 0.289. The van der Waals surface area contributed by atoms with Gasteiger partial charge in [0.05, 0.1) is 59.7 Å². The molecule has 0 aliphatic rings. The van der Waals surface area contributed by atoms with Gasteiger partial charge in [-0.05, 0) is 35.5 Å². The van der Waals surface area contributed by atoms with Gasteiger partial charge in [-0.3, -0.25) is 19.9 Å². The lowest BCUT2D eigenvalue weighted by molar-refractivity contribution is -0.115. The van der Waals surface area contributed by atoms with Crippen LogP contribution in [-0.4, -0.2) is 49.5 Å². The molecular weight excluding hydrogens is 484 g/mol. The smallest absolute Gasteiger partial charge is 0.270 e. The molecule has 0 aliphatic carbocycles. The maximum Gasteiger partial charge on any atom is 0.270 e. The van der Waals surface area contributed by atoms with Gasteiger partial charge >= 0.3 is 0 Å². The van der Waals surface area contributed by atoms with Crippen LogP contribution in [0.5, 0.6) is 5.75 Å². The zero-order valence-corrected chi connectivity index (χ0v) is 19.6. The van der Waals surface area contributed by atoms with E-state index in [1.54, 1.807) is 42.7 Å². The summed E-state index contributed by atoms with van der Waals surface area (Å²) in [6.07, 6.45) is 4.95. The molecule has 180 valence electrons. The molecule has 12 nitrogen and oxygen atoms in total. The van der Waals surface area contributed by atoms with Gasteiger partial charge in [0.1, 0.15) is 11.5 Å². The van der Waals surface area contributed by atoms with Crippen molar-refractivity contribution in [3.8, 4) is 27.6 Å². The number of H-pyrrole nitrogens is 1. The van der Waals surface area contributed by atoms with Gasteiger partial charge in [-0.25, -0.2) is 4.98 Å². The number of tetrazole rings is 1. The van der Waals surface area contributed by atoms with E-state index in [4.69, 9.17) is 14.1 Å². The van der Waals surface area contributed by atoms with Gasteiger partial charge in [0.2, 0.25) is 5.91 Å². The van der Waals surface area contributed by atoms with Crippen LogP contribution in [0.4, 0.5) is 11.6 Å². The number of benzene rings is 1. The summed E-state index contributed by atoms with van der Waals surface area (Å²) in [5, 5.41) is 20.3. The molecule has 0 saturated carbocycles. The van der Waals surface area contributed by atoms with Crippen LogP contribution in [0.25, 0.3) is 21.8 Å². The number of amides is 2. The molecule has 13 heteroatoms. The van der Waals surface area contributed by atoms with Crippen molar-refractivity contribution in [1.29, 1.82) is 0 Å². The van der Waals surface area contributed by atoms with Crippen LogP contribution in [0.3, 0.4) is 0 Å². The second-order valence-corrected chi connectivity index (χ2v) is 8.31. The Balaban J connectivity index is 1.33. The van der Waals surface area contributed by atoms with Crippen LogP contribution in [0.1, 0.15) is 16.1 Å². The Morgan fingerprint density at radius 1 is 1.14 bits per heavy atom. The van der Waals surface area contributed by atoms with Crippen LogP contribution in [-0.2, 0) is 11.2 Å². The Morgan fingerprint density at radius 2 is 2.03 bits per heavy atom. The fourth-order valence-corrected chi connectivity index (χ4v) is 4.15. The number of aromatic amines is 1. The first-order valence-corrected chi connectivity index (χ1v) is 11.4. The lowest BCUT2D eigenvalue weighted by Crippen LogP contribution is -2.14. The number of ether oxygens (including phenoxy) is 1. The van der Waals surface area contributed by atoms with E-state index in [0.717, 1.165) is 4.88 Å². The fraction of sp³-hybridized carbons (Fsp3) is 0.0870. The lowest BCUT2D eigenvalue weighted by Gasteiger charge is -2.10. The van der Waals surface area contributed by atoms with E-state index >= 15 is 0 Å². The number of carbonyl (C=O) groups is 2. The molecular formula is C23H18N8O4S. The highest BCUT2D eigenvalue weighted by atomic mass is 32.1. The molecule has 4 aromatic heterocycles. The van der Waals surface area contributed by atoms with Crippen LogP contribution in [0.15, 0.2) is 64.9 Å². The van der Waals surface area contributed by atoms with Crippen LogP contribution in [0, 0.1) is 0 Å². The van der Waals surface area contributed by atoms with Gasteiger partial charge in [0, 0.05) is 10.9 Å². The van der Waals surface area contributed by atoms with Gasteiger partial charge < -0.3 is 14.5 Å². The van der Waals surface area contributed by atoms with E-state index in [1.165, 1.54) is 24.7 Å². The molecule has 2 amide bonds. The van der Waals surface area contributed by atoms with E-state index in [9.17, 15) is 9.59 Å². The minimum absolute atomic E-state index is 0.0529. The third kappa shape index (κ3) is 5.10. The highest BCUT2D eigenvalue weighted by Gasteiger charge is 2.16. The van der Waals surface area contributed by atoms with E-state index in [2.05, 4.69) is 36.2 Å². The van der Waals surface area contributed by atoms with Crippen molar-refractivity contribution in [2.24, 2.45) is 0 Å². The minimum atomic E-state index is -0.445. The first kappa shape index (κ1) is 22.9. The standard InChI is InChI=1S/C23H18N8O4S/c1-34-19-7-13(4-5-16(19)22(33)27-23-28-30-31-29-23)17-10-24-11-18(26-17)20-8-14(12-36-20)25-21(32)9-15-3-2-6-35-15/h2-8,10-12H,9H2,1H3,(H,25,32)(H2,27,28,29,30,31,33). The van der Waals surface area contributed by atoms with Crippen molar-refractivity contribution in [3.05, 3.63) is 71.8 Å². The molecule has 5 rings (SSSR count). The number of rotatable bonds is 8. The minimum Gasteiger partial charge on any atom is -0.496 e. The third-order valence-corrected chi connectivity index (χ3v) is 5.95. The predicted octanol–water partition coefficient (Wildman–Crippen LogP) is 3.42. The van der Waals surface area contributed by atoms with E-state index in [0.29, 0.717) is 39.7 Å². The van der Waals surface area contributed by atoms with Crippen LogP contribution >= 0.6 is 11.3 Å². The number of carbonyl (C=O) groups excluding carboxylic acids is 2. The van der Waals surface area contributed by atoms with Gasteiger partial charge in [0.15, 0.2) is 0 Å². The number of anilines is 2. The van der Waals surface area contributed by atoms with Crippen LogP contribution < -0.4 is 15.4 Å². The molecule has 0 unspecified atom stereocenters. The van der Waals surface area contributed by atoms with Crippen molar-refractivity contribution < 1.29 is 18.7 Å². The zero-order chi connectivity index (χ0) is 24.9. The Bertz CT molecular complexity index is 1500. The van der Waals surface area contributed by atoms with Crippen molar-refractivity contribution in [2.75, 3.05) is 17.7 Å². The highest BCUT2D eigenvalue weighted by Crippen LogP contribution is 2.31. The number of nitrogens with one attached hydrogen (secondary N) is 3. The monoisotopic (exact) mass is 502 g/mol. The topological polar surface area (TPSA) is 161 Å². The average Bonchev–Trinajstić information content (AvgIpc) is 3.68. The molecule has 0 fully saturated rings. The lowest BCUT2D eigenvalue weighted by atomic mass is 10.1. The second-order valence-electron chi connectivity index (χ2n) is 7.40. The van der Waals surface area contributed by atoms with E-state index in [-0.39, 0.29) is 18.3 Å². The summed E-state index contributed by atoms with van der Waals surface area (Å²) < 4.78 is 10.6. The Hall–Kier alpha value is -4.91. The fourth-order valence-electron chi connectivity index (χ4n) is 3.36. The molecule has 0 atom stereocenters. The number of hydrogen-bond acceptors (Lipinski definition) is 10. The predicted molar refractivity (Wildman–Crippen MR) is 131 cm³/mol. The Labute approximate surface area is 207 Å². The van der Waals surface area contributed by atoms with Crippen molar-refractivity contribution in [3.63, 3.8) is 0 Å². The molecule has 36 heavy (non-hydrogen) atoms. The average molecular weight is 503 g/mol. The summed E-state index contributed by atoms with van der Waals surface area (Å²) in [5.41, 5.74) is 2.90. The summed E-state index contributed by atoms with van der Waals surface area (Å²) in [5.74, 6) is 0.371. The highest BCUT2D eigenvalue weighted by molar-refractivity contribution is 7.14. The SMILES string of the molecule is COc1cc(-c2cncc(-c3cc(NC(=O)Cc4ccco4)cs3)n2)ccc1C(=O)Nc1nn[nH]n1. The third-order valence-electron chi connectivity index (χ3n) is 5.00. The number of hydrogen-bond donors (Lipinski definition) is 3. The summed E-state index contributed by atoms with van der Waals surface area (Å²) >= 11 is 1.43. The molecule has 1 aromatic carbocycles. The number of aromatic nitrogens is 6. The van der Waals surface area contributed by atoms with Gasteiger partial charge in [-0.1, -0.05) is 11.2 Å². The molecule has 5 aromatic rings. The van der Waals surface area contributed by atoms with Crippen LogP contribution in [0.2, 0.25) is 0 Å². The van der Waals surface area contributed by atoms with E-state index in [1.807, 2.05) is 11.4 Å². The maximum atomic E-state index is 12.6. The first-order chi connectivity index (χ1) is 17.6. The van der Waals surface area contributed by atoms with E-state index < -0.39 is 5.91 Å². The molecule has 0 bridgehead atoms. The normalized spacial score (nSPS) is 10.7. The van der Waals surface area contributed by atoms with Crippen molar-refractivity contribution >= 4 is 34.8 Å².